The van der Waals surface area contributed by atoms with Gasteiger partial charge >= 0.3 is 0 Å². The number of amides is 2. The van der Waals surface area contributed by atoms with Gasteiger partial charge in [-0.05, 0) is 51.0 Å². The fourth-order valence-electron chi connectivity index (χ4n) is 2.63. The van der Waals surface area contributed by atoms with E-state index >= 15 is 0 Å². The summed E-state index contributed by atoms with van der Waals surface area (Å²) in [6.07, 6.45) is 0. The normalized spacial score (nSPS) is 11.7. The van der Waals surface area contributed by atoms with Crippen LogP contribution in [0.4, 0.5) is 5.69 Å². The van der Waals surface area contributed by atoms with Crippen LogP contribution < -0.4 is 10.6 Å². The fraction of sp³-hybridized carbons (Fsp3) is 0.300. The highest BCUT2D eigenvalue weighted by Crippen LogP contribution is 2.23. The maximum absolute atomic E-state index is 12.2. The number of carbonyl (C=O) groups excluding carboxylic acids is 2. The zero-order chi connectivity index (χ0) is 18.4. The van der Waals surface area contributed by atoms with E-state index in [0.717, 1.165) is 27.3 Å². The van der Waals surface area contributed by atoms with E-state index in [1.54, 1.807) is 0 Å². The maximum Gasteiger partial charge on any atom is 0.243 e. The molecule has 132 valence electrons. The molecular weight excluding hydrogens is 332 g/mol. The van der Waals surface area contributed by atoms with Crippen molar-refractivity contribution in [1.29, 1.82) is 0 Å². The van der Waals surface area contributed by atoms with Crippen molar-refractivity contribution >= 4 is 29.3 Å². The molecule has 1 atom stereocenters. The van der Waals surface area contributed by atoms with E-state index < -0.39 is 0 Å². The summed E-state index contributed by atoms with van der Waals surface area (Å²) in [6, 6.07) is 13.8. The van der Waals surface area contributed by atoms with Crippen molar-refractivity contribution in [3.63, 3.8) is 0 Å². The van der Waals surface area contributed by atoms with E-state index in [4.69, 9.17) is 0 Å². The van der Waals surface area contributed by atoms with E-state index in [1.807, 2.05) is 70.2 Å². The molecule has 0 saturated heterocycles. The monoisotopic (exact) mass is 356 g/mol. The van der Waals surface area contributed by atoms with Gasteiger partial charge in [-0.1, -0.05) is 35.9 Å². The molecule has 2 aromatic rings. The molecule has 0 spiro atoms. The Morgan fingerprint density at radius 1 is 1.04 bits per heavy atom. The maximum atomic E-state index is 12.2. The Kier molecular flexibility index (Phi) is 6.65. The molecule has 0 heterocycles. The fourth-order valence-corrected chi connectivity index (χ4v) is 3.54. The van der Waals surface area contributed by atoms with Crippen LogP contribution in [0.1, 0.15) is 23.6 Å². The predicted molar refractivity (Wildman–Crippen MR) is 104 cm³/mol. The van der Waals surface area contributed by atoms with Crippen LogP contribution in [0.15, 0.2) is 47.4 Å². The van der Waals surface area contributed by atoms with Gasteiger partial charge in [0.25, 0.3) is 0 Å². The van der Waals surface area contributed by atoms with E-state index in [0.29, 0.717) is 0 Å². The average molecular weight is 356 g/mol. The summed E-state index contributed by atoms with van der Waals surface area (Å²) in [5.74, 6) is -0.373. The van der Waals surface area contributed by atoms with Gasteiger partial charge in [0.1, 0.15) is 0 Å². The molecule has 0 aliphatic heterocycles. The largest absolute Gasteiger partial charge is 0.346 e. The van der Waals surface area contributed by atoms with Crippen molar-refractivity contribution in [3.05, 3.63) is 59.2 Å². The number of hydrogen-bond donors (Lipinski definition) is 2. The molecule has 2 N–H and O–H groups in total. The second kappa shape index (κ2) is 8.72. The number of thioether (sulfide) groups is 1. The lowest BCUT2D eigenvalue weighted by atomic mass is 10.1. The van der Waals surface area contributed by atoms with E-state index in [-0.39, 0.29) is 23.6 Å². The van der Waals surface area contributed by atoms with Crippen molar-refractivity contribution in [2.24, 2.45) is 0 Å². The topological polar surface area (TPSA) is 58.2 Å². The van der Waals surface area contributed by atoms with Crippen molar-refractivity contribution in [1.82, 2.24) is 5.32 Å². The van der Waals surface area contributed by atoms with Gasteiger partial charge in [0.2, 0.25) is 11.8 Å². The Bertz CT molecular complexity index is 737. The van der Waals surface area contributed by atoms with Gasteiger partial charge in [0.15, 0.2) is 0 Å². The molecule has 2 rings (SSSR count). The molecule has 0 aliphatic rings. The van der Waals surface area contributed by atoms with Gasteiger partial charge in [-0.3, -0.25) is 9.59 Å². The average Bonchev–Trinajstić information content (AvgIpc) is 2.56. The van der Waals surface area contributed by atoms with Gasteiger partial charge in [-0.25, -0.2) is 0 Å². The van der Waals surface area contributed by atoms with Crippen molar-refractivity contribution in [2.75, 3.05) is 11.9 Å². The third-order valence-electron chi connectivity index (χ3n) is 3.79. The second-order valence-corrected chi connectivity index (χ2v) is 7.53. The molecule has 0 aromatic heterocycles. The van der Waals surface area contributed by atoms with Crippen LogP contribution in [-0.4, -0.2) is 23.6 Å². The Hall–Kier alpha value is -2.27. The number of hydrogen-bond acceptors (Lipinski definition) is 3. The van der Waals surface area contributed by atoms with Gasteiger partial charge in [-0.2, -0.15) is 0 Å². The zero-order valence-corrected chi connectivity index (χ0v) is 15.9. The first-order chi connectivity index (χ1) is 11.9. The molecule has 0 fully saturated rings. The third-order valence-corrected chi connectivity index (χ3v) is 4.90. The third kappa shape index (κ3) is 5.64. The molecule has 25 heavy (non-hydrogen) atoms. The van der Waals surface area contributed by atoms with Crippen molar-refractivity contribution < 1.29 is 9.59 Å². The Balaban J connectivity index is 1.86. The number of benzene rings is 2. The zero-order valence-electron chi connectivity index (χ0n) is 15.1. The molecule has 0 bridgehead atoms. The summed E-state index contributed by atoms with van der Waals surface area (Å²) in [7, 11) is 0. The lowest BCUT2D eigenvalue weighted by Crippen LogP contribution is -2.37. The summed E-state index contributed by atoms with van der Waals surface area (Å²) in [4.78, 5) is 25.4. The first kappa shape index (κ1) is 19.1. The van der Waals surface area contributed by atoms with E-state index in [9.17, 15) is 9.59 Å². The number of rotatable bonds is 6. The summed E-state index contributed by atoms with van der Waals surface area (Å²) < 4.78 is 0. The lowest BCUT2D eigenvalue weighted by Gasteiger charge is -2.14. The molecule has 1 unspecified atom stereocenters. The van der Waals surface area contributed by atoms with Crippen LogP contribution >= 0.6 is 11.8 Å². The number of anilines is 1. The predicted octanol–water partition coefficient (Wildman–Crippen LogP) is 3.85. The van der Waals surface area contributed by atoms with Crippen LogP contribution in [0.3, 0.4) is 0 Å². The molecule has 0 radical (unpaired) electrons. The Morgan fingerprint density at radius 2 is 1.64 bits per heavy atom. The molecular formula is C20H24N2O2S. The van der Waals surface area contributed by atoms with Crippen LogP contribution in [0.2, 0.25) is 0 Å². The first-order valence-electron chi connectivity index (χ1n) is 8.24. The summed E-state index contributed by atoms with van der Waals surface area (Å²) in [5.41, 5.74) is 4.01. The van der Waals surface area contributed by atoms with Gasteiger partial charge < -0.3 is 10.6 Å². The minimum Gasteiger partial charge on any atom is -0.346 e. The quantitative estimate of drug-likeness (QED) is 0.773. The highest BCUT2D eigenvalue weighted by molar-refractivity contribution is 8.00. The SMILES string of the molecule is Cc1cc(C)c(NC(=O)CNC(=O)C(C)Sc2ccccc2)c(C)c1. The van der Waals surface area contributed by atoms with Crippen LogP contribution in [-0.2, 0) is 9.59 Å². The number of aryl methyl sites for hydroxylation is 3. The summed E-state index contributed by atoms with van der Waals surface area (Å²) in [6.45, 7) is 7.75. The second-order valence-electron chi connectivity index (χ2n) is 6.11. The van der Waals surface area contributed by atoms with Crippen LogP contribution in [0, 0.1) is 20.8 Å². The molecule has 2 aromatic carbocycles. The number of carbonyl (C=O) groups is 2. The van der Waals surface area contributed by atoms with Crippen LogP contribution in [0.5, 0.6) is 0 Å². The first-order valence-corrected chi connectivity index (χ1v) is 9.12. The molecule has 0 aliphatic carbocycles. The molecule has 0 saturated carbocycles. The van der Waals surface area contributed by atoms with Crippen molar-refractivity contribution in [3.8, 4) is 0 Å². The lowest BCUT2D eigenvalue weighted by molar-refractivity contribution is -0.123. The highest BCUT2D eigenvalue weighted by atomic mass is 32.2. The molecule has 2 amide bonds. The van der Waals surface area contributed by atoms with Crippen molar-refractivity contribution in [2.45, 2.75) is 37.8 Å². The van der Waals surface area contributed by atoms with Gasteiger partial charge in [0.05, 0.1) is 11.8 Å². The van der Waals surface area contributed by atoms with Gasteiger partial charge in [-0.15, -0.1) is 11.8 Å². The summed E-state index contributed by atoms with van der Waals surface area (Å²) >= 11 is 1.47. The van der Waals surface area contributed by atoms with E-state index in [1.165, 1.54) is 11.8 Å². The molecule has 4 nitrogen and oxygen atoms in total. The Morgan fingerprint density at radius 3 is 2.24 bits per heavy atom. The summed E-state index contributed by atoms with van der Waals surface area (Å²) in [5, 5.41) is 5.32. The number of nitrogens with one attached hydrogen (secondary N) is 2. The smallest absolute Gasteiger partial charge is 0.243 e. The minimum absolute atomic E-state index is 0.0364. The van der Waals surface area contributed by atoms with Crippen LogP contribution in [0.25, 0.3) is 0 Å². The van der Waals surface area contributed by atoms with E-state index in [2.05, 4.69) is 10.6 Å². The highest BCUT2D eigenvalue weighted by Gasteiger charge is 2.16. The molecule has 5 heteroatoms. The van der Waals surface area contributed by atoms with Gasteiger partial charge in [0, 0.05) is 10.6 Å². The minimum atomic E-state index is -0.266. The Labute approximate surface area is 153 Å². The standard InChI is InChI=1S/C20H24N2O2S/c1-13-10-14(2)19(15(3)11-13)22-18(23)12-21-20(24)16(4)25-17-8-6-5-7-9-17/h5-11,16H,12H2,1-4H3,(H,21,24)(H,22,23).